The molecule has 1 aliphatic heterocycles. The number of carbonyl (C=O) groups is 1. The van der Waals surface area contributed by atoms with E-state index in [0.717, 1.165) is 24.3 Å². The van der Waals surface area contributed by atoms with Crippen LogP contribution in [0.25, 0.3) is 6.08 Å². The lowest BCUT2D eigenvalue weighted by molar-refractivity contribution is -0.117. The zero-order valence-electron chi connectivity index (χ0n) is 14.7. The number of hydrogen-bond donors (Lipinski definition) is 1. The van der Waals surface area contributed by atoms with Crippen LogP contribution in [-0.2, 0) is 22.6 Å². The van der Waals surface area contributed by atoms with E-state index in [4.69, 9.17) is 4.74 Å². The molecule has 1 aliphatic rings. The summed E-state index contributed by atoms with van der Waals surface area (Å²) in [6.45, 7) is 2.59. The third-order valence-electron chi connectivity index (χ3n) is 4.37. The Morgan fingerprint density at radius 2 is 1.85 bits per heavy atom. The monoisotopic (exact) mass is 347 g/mol. The summed E-state index contributed by atoms with van der Waals surface area (Å²) in [5.41, 5.74) is 4.75. The highest BCUT2D eigenvalue weighted by Crippen LogP contribution is 2.28. The van der Waals surface area contributed by atoms with E-state index in [1.165, 1.54) is 11.1 Å². The van der Waals surface area contributed by atoms with Gasteiger partial charge in [-0.1, -0.05) is 36.4 Å². The molecule has 0 bridgehead atoms. The highest BCUT2D eigenvalue weighted by Gasteiger charge is 2.18. The van der Waals surface area contributed by atoms with Gasteiger partial charge in [-0.2, -0.15) is 5.26 Å². The van der Waals surface area contributed by atoms with Crippen LogP contribution in [0.4, 0.5) is 5.69 Å². The summed E-state index contributed by atoms with van der Waals surface area (Å²) in [4.78, 5) is 14.3. The van der Waals surface area contributed by atoms with Gasteiger partial charge < -0.3 is 15.0 Å². The minimum absolute atomic E-state index is 0.0856. The van der Waals surface area contributed by atoms with Crippen LogP contribution in [0.1, 0.15) is 16.7 Å². The van der Waals surface area contributed by atoms with Gasteiger partial charge in [0.05, 0.1) is 6.61 Å². The number of ether oxygens (including phenoxy) is 1. The molecule has 0 aromatic heterocycles. The molecule has 0 aliphatic carbocycles. The maximum atomic E-state index is 12.0. The molecule has 0 unspecified atom stereocenters. The minimum atomic E-state index is -0.386. The molecule has 2 aromatic rings. The third-order valence-corrected chi connectivity index (χ3v) is 4.37. The van der Waals surface area contributed by atoms with Crippen LogP contribution >= 0.6 is 0 Å². The van der Waals surface area contributed by atoms with E-state index < -0.39 is 0 Å². The summed E-state index contributed by atoms with van der Waals surface area (Å²) < 4.78 is 4.89. The molecule has 132 valence electrons. The zero-order chi connectivity index (χ0) is 18.4. The van der Waals surface area contributed by atoms with Crippen LogP contribution in [0.2, 0.25) is 0 Å². The van der Waals surface area contributed by atoms with E-state index in [0.29, 0.717) is 13.2 Å². The SMILES string of the molecule is COCCNC(=O)/C(C#N)=C\c1ccc(N2Cc3ccccc3C2)cc1. The van der Waals surface area contributed by atoms with E-state index in [-0.39, 0.29) is 11.5 Å². The second-order valence-electron chi connectivity index (χ2n) is 6.13. The fraction of sp³-hybridized carbons (Fsp3) is 0.238. The first-order valence-corrected chi connectivity index (χ1v) is 8.52. The molecule has 1 N–H and O–H groups in total. The Kier molecular flexibility index (Phi) is 5.67. The molecule has 1 amide bonds. The number of hydrogen-bond acceptors (Lipinski definition) is 4. The van der Waals surface area contributed by atoms with E-state index in [1.807, 2.05) is 30.3 Å². The predicted molar refractivity (Wildman–Crippen MR) is 101 cm³/mol. The third kappa shape index (κ3) is 4.11. The fourth-order valence-electron chi connectivity index (χ4n) is 2.97. The van der Waals surface area contributed by atoms with Crippen molar-refractivity contribution < 1.29 is 9.53 Å². The lowest BCUT2D eigenvalue weighted by Gasteiger charge is -2.17. The van der Waals surface area contributed by atoms with Gasteiger partial charge in [-0.3, -0.25) is 4.79 Å². The minimum Gasteiger partial charge on any atom is -0.383 e. The second kappa shape index (κ2) is 8.32. The average molecular weight is 347 g/mol. The molecule has 0 saturated heterocycles. The summed E-state index contributed by atoms with van der Waals surface area (Å²) in [7, 11) is 1.56. The molecular weight excluding hydrogens is 326 g/mol. The number of benzene rings is 2. The summed E-state index contributed by atoms with van der Waals surface area (Å²) in [5.74, 6) is -0.386. The topological polar surface area (TPSA) is 65.4 Å². The van der Waals surface area contributed by atoms with Crippen LogP contribution in [0.5, 0.6) is 0 Å². The fourth-order valence-corrected chi connectivity index (χ4v) is 2.97. The molecule has 0 radical (unpaired) electrons. The second-order valence-corrected chi connectivity index (χ2v) is 6.13. The molecule has 5 heteroatoms. The zero-order valence-corrected chi connectivity index (χ0v) is 14.7. The molecule has 2 aromatic carbocycles. The quantitative estimate of drug-likeness (QED) is 0.496. The number of carbonyl (C=O) groups excluding carboxylic acids is 1. The van der Waals surface area contributed by atoms with Crippen molar-refractivity contribution >= 4 is 17.7 Å². The number of nitriles is 1. The van der Waals surface area contributed by atoms with Crippen molar-refractivity contribution in [1.29, 1.82) is 5.26 Å². The van der Waals surface area contributed by atoms with E-state index in [2.05, 4.69) is 34.5 Å². The number of nitrogens with zero attached hydrogens (tertiary/aromatic N) is 2. The van der Waals surface area contributed by atoms with Crippen LogP contribution in [0.15, 0.2) is 54.1 Å². The first-order valence-electron chi connectivity index (χ1n) is 8.52. The number of anilines is 1. The molecule has 5 nitrogen and oxygen atoms in total. The summed E-state index contributed by atoms with van der Waals surface area (Å²) in [6, 6.07) is 18.3. The smallest absolute Gasteiger partial charge is 0.262 e. The van der Waals surface area contributed by atoms with Crippen LogP contribution in [0, 0.1) is 11.3 Å². The van der Waals surface area contributed by atoms with Gasteiger partial charge in [0.25, 0.3) is 5.91 Å². The highest BCUT2D eigenvalue weighted by atomic mass is 16.5. The average Bonchev–Trinajstić information content (AvgIpc) is 3.11. The largest absolute Gasteiger partial charge is 0.383 e. The van der Waals surface area contributed by atoms with Crippen LogP contribution in [0.3, 0.4) is 0 Å². The number of fused-ring (bicyclic) bond motifs is 1. The van der Waals surface area contributed by atoms with Crippen molar-refractivity contribution in [3.63, 3.8) is 0 Å². The summed E-state index contributed by atoms with van der Waals surface area (Å²) in [5, 5.41) is 11.9. The van der Waals surface area contributed by atoms with Gasteiger partial charge >= 0.3 is 0 Å². The number of nitrogens with one attached hydrogen (secondary N) is 1. The summed E-state index contributed by atoms with van der Waals surface area (Å²) >= 11 is 0. The van der Waals surface area contributed by atoms with Gasteiger partial charge in [0.2, 0.25) is 0 Å². The molecule has 1 heterocycles. The van der Waals surface area contributed by atoms with Crippen molar-refractivity contribution in [3.05, 3.63) is 70.8 Å². The molecule has 0 spiro atoms. The molecule has 0 saturated carbocycles. The van der Waals surface area contributed by atoms with Crippen molar-refractivity contribution in [2.75, 3.05) is 25.2 Å². The number of rotatable bonds is 6. The number of methoxy groups -OCH3 is 1. The lowest BCUT2D eigenvalue weighted by atomic mass is 10.1. The van der Waals surface area contributed by atoms with E-state index in [9.17, 15) is 10.1 Å². The first kappa shape index (κ1) is 17.7. The van der Waals surface area contributed by atoms with Crippen LogP contribution < -0.4 is 10.2 Å². The maximum Gasteiger partial charge on any atom is 0.262 e. The normalized spacial score (nSPS) is 13.2. The van der Waals surface area contributed by atoms with Gasteiger partial charge in [0.1, 0.15) is 11.6 Å². The molecule has 26 heavy (non-hydrogen) atoms. The van der Waals surface area contributed by atoms with E-state index in [1.54, 1.807) is 13.2 Å². The Morgan fingerprint density at radius 1 is 1.19 bits per heavy atom. The first-order chi connectivity index (χ1) is 12.7. The maximum absolute atomic E-state index is 12.0. The standard InChI is InChI=1S/C21H21N3O2/c1-26-11-10-23-21(25)19(13-22)12-16-6-8-20(9-7-16)24-14-17-4-2-3-5-18(17)15-24/h2-9,12H,10-11,14-15H2,1H3,(H,23,25)/b19-12-. The van der Waals surface area contributed by atoms with Crippen molar-refractivity contribution in [2.24, 2.45) is 0 Å². The Balaban J connectivity index is 1.68. The molecular formula is C21H21N3O2. The Bertz CT molecular complexity index is 825. The van der Waals surface area contributed by atoms with E-state index >= 15 is 0 Å². The number of amides is 1. The van der Waals surface area contributed by atoms with Crippen molar-refractivity contribution in [1.82, 2.24) is 5.32 Å². The Morgan fingerprint density at radius 3 is 2.42 bits per heavy atom. The summed E-state index contributed by atoms with van der Waals surface area (Å²) in [6.07, 6.45) is 1.60. The lowest BCUT2D eigenvalue weighted by Crippen LogP contribution is -2.27. The van der Waals surface area contributed by atoms with Gasteiger partial charge in [0, 0.05) is 32.4 Å². The Labute approximate surface area is 153 Å². The Hall–Kier alpha value is -3.10. The van der Waals surface area contributed by atoms with Crippen LogP contribution in [-0.4, -0.2) is 26.2 Å². The van der Waals surface area contributed by atoms with Gasteiger partial charge in [-0.25, -0.2) is 0 Å². The van der Waals surface area contributed by atoms with Gasteiger partial charge in [0.15, 0.2) is 0 Å². The molecule has 0 atom stereocenters. The van der Waals surface area contributed by atoms with Gasteiger partial charge in [-0.15, -0.1) is 0 Å². The molecule has 0 fully saturated rings. The van der Waals surface area contributed by atoms with Gasteiger partial charge in [-0.05, 0) is 34.9 Å². The molecule has 3 rings (SSSR count). The predicted octanol–water partition coefficient (Wildman–Crippen LogP) is 2.88. The van der Waals surface area contributed by atoms with Crippen molar-refractivity contribution in [2.45, 2.75) is 13.1 Å². The van der Waals surface area contributed by atoms with Crippen molar-refractivity contribution in [3.8, 4) is 6.07 Å². The highest BCUT2D eigenvalue weighted by molar-refractivity contribution is 6.01.